The fraction of sp³-hybridized carbons (Fsp3) is 0.259. The molecule has 3 aromatic carbocycles. The first kappa shape index (κ1) is 21.8. The van der Waals surface area contributed by atoms with E-state index < -0.39 is 5.97 Å². The Bertz CT molecular complexity index is 1030. The van der Waals surface area contributed by atoms with E-state index in [1.54, 1.807) is 0 Å². The number of benzene rings is 3. The van der Waals surface area contributed by atoms with Gasteiger partial charge in [0.15, 0.2) is 0 Å². The topological polar surface area (TPSA) is 60.9 Å². The first-order valence-electron chi connectivity index (χ1n) is 11.1. The number of carboxylic acid groups (broad SMARTS) is 1. The van der Waals surface area contributed by atoms with E-state index in [0.717, 1.165) is 29.8 Å². The molecule has 0 spiro atoms. The van der Waals surface area contributed by atoms with Gasteiger partial charge in [0.25, 0.3) is 5.91 Å². The highest BCUT2D eigenvalue weighted by atomic mass is 16.4. The van der Waals surface area contributed by atoms with Crippen LogP contribution in [0.5, 0.6) is 0 Å². The highest BCUT2D eigenvalue weighted by Gasteiger charge is 2.27. The van der Waals surface area contributed by atoms with Gasteiger partial charge in [-0.3, -0.25) is 14.5 Å². The summed E-state index contributed by atoms with van der Waals surface area (Å²) >= 11 is 0. The minimum Gasteiger partial charge on any atom is -0.481 e. The summed E-state index contributed by atoms with van der Waals surface area (Å²) in [5.41, 5.74) is 4.05. The molecule has 0 radical (unpaired) electrons. The molecule has 1 heterocycles. The molecule has 1 fully saturated rings. The highest BCUT2D eigenvalue weighted by molar-refractivity contribution is 5.94. The lowest BCUT2D eigenvalue weighted by molar-refractivity contribution is -0.137. The predicted octanol–water partition coefficient (Wildman–Crippen LogP) is 4.72. The van der Waals surface area contributed by atoms with Crippen LogP contribution >= 0.6 is 0 Å². The quantitative estimate of drug-likeness (QED) is 0.592. The Morgan fingerprint density at radius 3 is 1.91 bits per heavy atom. The molecular weight excluding hydrogens is 400 g/mol. The fourth-order valence-electron chi connectivity index (χ4n) is 4.35. The molecule has 1 saturated heterocycles. The predicted molar refractivity (Wildman–Crippen MR) is 125 cm³/mol. The molecule has 5 heteroatoms. The molecule has 1 aliphatic rings. The van der Waals surface area contributed by atoms with Crippen molar-refractivity contribution in [3.05, 3.63) is 96.1 Å². The zero-order valence-corrected chi connectivity index (χ0v) is 18.1. The Morgan fingerprint density at radius 2 is 1.31 bits per heavy atom. The first-order chi connectivity index (χ1) is 15.6. The maximum Gasteiger partial charge on any atom is 0.303 e. The maximum absolute atomic E-state index is 13.0. The zero-order chi connectivity index (χ0) is 22.3. The van der Waals surface area contributed by atoms with Crippen LogP contribution in [0.15, 0.2) is 84.9 Å². The molecule has 4 rings (SSSR count). The number of aliphatic carboxylic acids is 1. The lowest BCUT2D eigenvalue weighted by atomic mass is 9.99. The molecule has 0 saturated carbocycles. The molecule has 164 valence electrons. The van der Waals surface area contributed by atoms with Gasteiger partial charge in [0, 0.05) is 44.2 Å². The number of carbonyl (C=O) groups excluding carboxylic acids is 1. The minimum absolute atomic E-state index is 0.0473. The number of piperazine rings is 1. The number of amides is 1. The second-order valence-electron chi connectivity index (χ2n) is 8.13. The molecule has 1 aliphatic heterocycles. The number of rotatable bonds is 7. The van der Waals surface area contributed by atoms with E-state index in [1.165, 1.54) is 0 Å². The van der Waals surface area contributed by atoms with Crippen molar-refractivity contribution in [3.8, 4) is 11.1 Å². The van der Waals surface area contributed by atoms with Crippen molar-refractivity contribution in [2.24, 2.45) is 0 Å². The van der Waals surface area contributed by atoms with Crippen molar-refractivity contribution >= 4 is 11.9 Å². The van der Waals surface area contributed by atoms with Crippen LogP contribution in [0.25, 0.3) is 11.1 Å². The zero-order valence-electron chi connectivity index (χ0n) is 18.1. The number of nitrogens with zero attached hydrogens (tertiary/aromatic N) is 2. The van der Waals surface area contributed by atoms with Gasteiger partial charge in [-0.2, -0.15) is 0 Å². The Balaban J connectivity index is 1.39. The van der Waals surface area contributed by atoms with E-state index in [0.29, 0.717) is 25.1 Å². The van der Waals surface area contributed by atoms with E-state index in [-0.39, 0.29) is 18.4 Å². The summed E-state index contributed by atoms with van der Waals surface area (Å²) in [7, 11) is 0. The van der Waals surface area contributed by atoms with Crippen LogP contribution in [0.3, 0.4) is 0 Å². The largest absolute Gasteiger partial charge is 0.481 e. The maximum atomic E-state index is 13.0. The van der Waals surface area contributed by atoms with Gasteiger partial charge in [0.1, 0.15) is 0 Å². The third-order valence-corrected chi connectivity index (χ3v) is 6.10. The molecule has 1 amide bonds. The van der Waals surface area contributed by atoms with E-state index in [1.807, 2.05) is 65.6 Å². The molecular formula is C27H28N2O3. The van der Waals surface area contributed by atoms with Crippen molar-refractivity contribution in [1.82, 2.24) is 9.80 Å². The molecule has 1 N–H and O–H groups in total. The van der Waals surface area contributed by atoms with Crippen molar-refractivity contribution in [2.45, 2.75) is 18.9 Å². The van der Waals surface area contributed by atoms with Gasteiger partial charge in [-0.1, -0.05) is 72.8 Å². The number of hydrogen-bond donors (Lipinski definition) is 1. The van der Waals surface area contributed by atoms with Gasteiger partial charge in [0.2, 0.25) is 0 Å². The van der Waals surface area contributed by atoms with Crippen molar-refractivity contribution in [3.63, 3.8) is 0 Å². The SMILES string of the molecule is O=C(O)CC[C@@H](c1ccccc1)N1CCN(C(=O)c2ccc(-c3ccccc3)cc2)CC1. The standard InChI is InChI=1S/C27H28N2O3/c30-26(31)16-15-25(23-9-5-2-6-10-23)28-17-19-29(20-18-28)27(32)24-13-11-22(12-14-24)21-7-3-1-4-8-21/h1-14,25H,15-20H2,(H,30,31)/t25-/m0/s1. The lowest BCUT2D eigenvalue weighted by Crippen LogP contribution is -2.49. The molecule has 32 heavy (non-hydrogen) atoms. The van der Waals surface area contributed by atoms with Crippen LogP contribution in [0.1, 0.15) is 34.8 Å². The molecule has 0 unspecified atom stereocenters. The van der Waals surface area contributed by atoms with Crippen LogP contribution in [0.4, 0.5) is 0 Å². The van der Waals surface area contributed by atoms with Crippen LogP contribution in [-0.4, -0.2) is 53.0 Å². The summed E-state index contributed by atoms with van der Waals surface area (Å²) < 4.78 is 0. The second kappa shape index (κ2) is 10.2. The Kier molecular flexibility index (Phi) is 6.97. The third kappa shape index (κ3) is 5.24. The lowest BCUT2D eigenvalue weighted by Gasteiger charge is -2.39. The number of carbonyl (C=O) groups is 2. The molecule has 1 atom stereocenters. The molecule has 5 nitrogen and oxygen atoms in total. The summed E-state index contributed by atoms with van der Waals surface area (Å²) in [4.78, 5) is 28.4. The second-order valence-corrected chi connectivity index (χ2v) is 8.13. The smallest absolute Gasteiger partial charge is 0.303 e. The van der Waals surface area contributed by atoms with E-state index in [2.05, 4.69) is 29.2 Å². The third-order valence-electron chi connectivity index (χ3n) is 6.10. The fourth-order valence-corrected chi connectivity index (χ4v) is 4.35. The van der Waals surface area contributed by atoms with E-state index >= 15 is 0 Å². The van der Waals surface area contributed by atoms with Crippen LogP contribution in [0.2, 0.25) is 0 Å². The average molecular weight is 429 g/mol. The number of carboxylic acids is 1. The summed E-state index contributed by atoms with van der Waals surface area (Å²) in [6.45, 7) is 2.73. The van der Waals surface area contributed by atoms with Crippen LogP contribution in [0, 0.1) is 0 Å². The minimum atomic E-state index is -0.779. The molecule has 0 aromatic heterocycles. The Morgan fingerprint density at radius 1 is 0.750 bits per heavy atom. The molecule has 0 bridgehead atoms. The normalized spacial score (nSPS) is 15.3. The van der Waals surface area contributed by atoms with Gasteiger partial charge in [0.05, 0.1) is 0 Å². The van der Waals surface area contributed by atoms with Gasteiger partial charge in [-0.05, 0) is 35.2 Å². The first-order valence-corrected chi connectivity index (χ1v) is 11.1. The van der Waals surface area contributed by atoms with Crippen molar-refractivity contribution in [2.75, 3.05) is 26.2 Å². The highest BCUT2D eigenvalue weighted by Crippen LogP contribution is 2.27. The Labute approximate surface area is 188 Å². The number of hydrogen-bond acceptors (Lipinski definition) is 3. The Hall–Kier alpha value is -3.44. The summed E-state index contributed by atoms with van der Waals surface area (Å²) in [5, 5.41) is 9.17. The van der Waals surface area contributed by atoms with Gasteiger partial charge in [-0.15, -0.1) is 0 Å². The summed E-state index contributed by atoms with van der Waals surface area (Å²) in [6, 6.07) is 28.0. The molecule has 0 aliphatic carbocycles. The van der Waals surface area contributed by atoms with Gasteiger partial charge < -0.3 is 10.0 Å². The van der Waals surface area contributed by atoms with Gasteiger partial charge in [-0.25, -0.2) is 0 Å². The monoisotopic (exact) mass is 428 g/mol. The summed E-state index contributed by atoms with van der Waals surface area (Å²) in [6.07, 6.45) is 0.695. The van der Waals surface area contributed by atoms with E-state index in [9.17, 15) is 9.59 Å². The summed E-state index contributed by atoms with van der Waals surface area (Å²) in [5.74, 6) is -0.732. The van der Waals surface area contributed by atoms with E-state index in [4.69, 9.17) is 5.11 Å². The van der Waals surface area contributed by atoms with Gasteiger partial charge >= 0.3 is 5.97 Å². The van der Waals surface area contributed by atoms with Crippen LogP contribution < -0.4 is 0 Å². The van der Waals surface area contributed by atoms with Crippen LogP contribution in [-0.2, 0) is 4.79 Å². The average Bonchev–Trinajstić information content (AvgIpc) is 2.85. The van der Waals surface area contributed by atoms with Crippen molar-refractivity contribution in [1.29, 1.82) is 0 Å². The molecule has 3 aromatic rings. The van der Waals surface area contributed by atoms with Crippen molar-refractivity contribution < 1.29 is 14.7 Å².